The third-order valence-electron chi connectivity index (χ3n) is 2.73. The van der Waals surface area contributed by atoms with Gasteiger partial charge >= 0.3 is 0 Å². The van der Waals surface area contributed by atoms with Crippen molar-refractivity contribution in [2.75, 3.05) is 0 Å². The minimum absolute atomic E-state index is 0.240. The normalized spacial score (nSPS) is 23.0. The first-order valence-corrected chi connectivity index (χ1v) is 4.42. The lowest BCUT2D eigenvalue weighted by molar-refractivity contribution is -0.312. The molecule has 0 amide bonds. The Morgan fingerprint density at radius 3 is 2.36 bits per heavy atom. The molecule has 0 heterocycles. The van der Waals surface area contributed by atoms with Gasteiger partial charge in [-0.1, -0.05) is 26.2 Å². The Balaban J connectivity index is 2.38. The fourth-order valence-corrected chi connectivity index (χ4v) is 1.83. The summed E-state index contributed by atoms with van der Waals surface area (Å²) in [6.45, 7) is 1.77. The van der Waals surface area contributed by atoms with Crippen LogP contribution in [0.25, 0.3) is 0 Å². The molecule has 0 aromatic carbocycles. The van der Waals surface area contributed by atoms with Crippen LogP contribution in [0, 0.1) is 11.8 Å². The average molecular weight is 155 g/mol. The van der Waals surface area contributed by atoms with Gasteiger partial charge in [-0.15, -0.1) is 0 Å². The molecule has 0 N–H and O–H groups in total. The van der Waals surface area contributed by atoms with Gasteiger partial charge in [0, 0.05) is 5.97 Å². The minimum atomic E-state index is -0.878. The Kier molecular flexibility index (Phi) is 2.92. The Morgan fingerprint density at radius 2 is 1.91 bits per heavy atom. The molecule has 1 saturated carbocycles. The first-order chi connectivity index (χ1) is 5.22. The highest BCUT2D eigenvalue weighted by molar-refractivity contribution is 5.67. The average Bonchev–Trinajstić information content (AvgIpc) is 2.05. The van der Waals surface area contributed by atoms with Crippen molar-refractivity contribution in [3.8, 4) is 0 Å². The van der Waals surface area contributed by atoms with E-state index in [4.69, 9.17) is 0 Å². The van der Waals surface area contributed by atoms with E-state index < -0.39 is 5.97 Å². The summed E-state index contributed by atoms with van der Waals surface area (Å²) in [7, 11) is 0. The Morgan fingerprint density at radius 1 is 1.36 bits per heavy atom. The summed E-state index contributed by atoms with van der Waals surface area (Å²) in [6.07, 6.45) is 5.82. The molecular weight excluding hydrogens is 140 g/mol. The monoisotopic (exact) mass is 155 g/mol. The zero-order valence-corrected chi connectivity index (χ0v) is 7.01. The molecular formula is C9H15O2-. The van der Waals surface area contributed by atoms with Crippen LogP contribution in [0.5, 0.6) is 0 Å². The van der Waals surface area contributed by atoms with Gasteiger partial charge < -0.3 is 9.90 Å². The van der Waals surface area contributed by atoms with Crippen LogP contribution in [-0.4, -0.2) is 5.97 Å². The number of carboxylic acid groups (broad SMARTS) is 1. The van der Waals surface area contributed by atoms with Crippen LogP contribution in [0.1, 0.15) is 39.0 Å². The van der Waals surface area contributed by atoms with Gasteiger partial charge in [0.25, 0.3) is 0 Å². The van der Waals surface area contributed by atoms with Crippen LogP contribution >= 0.6 is 0 Å². The minimum Gasteiger partial charge on any atom is -0.550 e. The molecule has 1 rings (SSSR count). The van der Waals surface area contributed by atoms with Crippen molar-refractivity contribution in [1.82, 2.24) is 0 Å². The zero-order valence-electron chi connectivity index (χ0n) is 7.01. The molecule has 2 heteroatoms. The van der Waals surface area contributed by atoms with Crippen LogP contribution in [-0.2, 0) is 4.79 Å². The highest BCUT2D eigenvalue weighted by Crippen LogP contribution is 2.29. The van der Waals surface area contributed by atoms with E-state index in [0.29, 0.717) is 5.92 Å². The van der Waals surface area contributed by atoms with Crippen molar-refractivity contribution in [3.05, 3.63) is 0 Å². The molecule has 1 atom stereocenters. The third kappa shape index (κ3) is 2.21. The standard InChI is InChI=1S/C9H16O2/c1-7(9(10)11)8-5-3-2-4-6-8/h7-8H,2-6H2,1H3,(H,10,11)/p-1/t7-/m0/s1. The van der Waals surface area contributed by atoms with Gasteiger partial charge in [-0.2, -0.15) is 0 Å². The van der Waals surface area contributed by atoms with Gasteiger partial charge in [0.15, 0.2) is 0 Å². The highest BCUT2D eigenvalue weighted by atomic mass is 16.4. The summed E-state index contributed by atoms with van der Waals surface area (Å²) in [5.74, 6) is -0.735. The van der Waals surface area contributed by atoms with E-state index in [-0.39, 0.29) is 5.92 Å². The summed E-state index contributed by atoms with van der Waals surface area (Å²) >= 11 is 0. The number of carboxylic acids is 1. The SMILES string of the molecule is C[C@H](C(=O)[O-])C1CCCCC1. The summed E-state index contributed by atoms with van der Waals surface area (Å²) in [4.78, 5) is 10.5. The first kappa shape index (κ1) is 8.57. The Labute approximate surface area is 67.6 Å². The van der Waals surface area contributed by atoms with Crippen molar-refractivity contribution < 1.29 is 9.90 Å². The van der Waals surface area contributed by atoms with Crippen molar-refractivity contribution >= 4 is 5.97 Å². The van der Waals surface area contributed by atoms with Crippen LogP contribution in [0.4, 0.5) is 0 Å². The number of hydrogen-bond acceptors (Lipinski definition) is 2. The van der Waals surface area contributed by atoms with Crippen molar-refractivity contribution in [2.45, 2.75) is 39.0 Å². The number of aliphatic carboxylic acids is 1. The van der Waals surface area contributed by atoms with E-state index >= 15 is 0 Å². The molecule has 1 fully saturated rings. The molecule has 0 unspecified atom stereocenters. The zero-order chi connectivity index (χ0) is 8.27. The van der Waals surface area contributed by atoms with E-state index in [0.717, 1.165) is 12.8 Å². The quantitative estimate of drug-likeness (QED) is 0.595. The van der Waals surface area contributed by atoms with E-state index in [1.807, 2.05) is 0 Å². The maximum atomic E-state index is 10.5. The van der Waals surface area contributed by atoms with Gasteiger partial charge in [0.2, 0.25) is 0 Å². The van der Waals surface area contributed by atoms with Gasteiger partial charge in [-0.3, -0.25) is 0 Å². The second-order valence-electron chi connectivity index (χ2n) is 3.51. The second kappa shape index (κ2) is 3.74. The van der Waals surface area contributed by atoms with Crippen molar-refractivity contribution in [1.29, 1.82) is 0 Å². The fourth-order valence-electron chi connectivity index (χ4n) is 1.83. The molecule has 0 aromatic heterocycles. The molecule has 0 aliphatic heterocycles. The van der Waals surface area contributed by atoms with E-state index in [1.165, 1.54) is 19.3 Å². The molecule has 1 aliphatic carbocycles. The number of hydrogen-bond donors (Lipinski definition) is 0. The lowest BCUT2D eigenvalue weighted by atomic mass is 9.81. The maximum absolute atomic E-state index is 10.5. The molecule has 1 aliphatic rings. The summed E-state index contributed by atoms with van der Waals surface area (Å²) in [5, 5.41) is 10.5. The lowest BCUT2D eigenvalue weighted by Crippen LogP contribution is -2.34. The van der Waals surface area contributed by atoms with Crippen molar-refractivity contribution in [3.63, 3.8) is 0 Å². The van der Waals surface area contributed by atoms with E-state index in [2.05, 4.69) is 0 Å². The molecule has 0 saturated heterocycles. The van der Waals surface area contributed by atoms with Crippen LogP contribution in [0.2, 0.25) is 0 Å². The Bertz CT molecular complexity index is 136. The summed E-state index contributed by atoms with van der Waals surface area (Å²) in [6, 6.07) is 0. The topological polar surface area (TPSA) is 40.1 Å². The molecule has 64 valence electrons. The van der Waals surface area contributed by atoms with Gasteiger partial charge in [0.05, 0.1) is 0 Å². The van der Waals surface area contributed by atoms with Gasteiger partial charge in [-0.25, -0.2) is 0 Å². The van der Waals surface area contributed by atoms with Crippen LogP contribution < -0.4 is 5.11 Å². The summed E-state index contributed by atoms with van der Waals surface area (Å²) < 4.78 is 0. The fraction of sp³-hybridized carbons (Fsp3) is 0.889. The smallest absolute Gasteiger partial charge is 0.0445 e. The number of rotatable bonds is 2. The predicted molar refractivity (Wildman–Crippen MR) is 40.7 cm³/mol. The van der Waals surface area contributed by atoms with Crippen molar-refractivity contribution in [2.24, 2.45) is 11.8 Å². The predicted octanol–water partition coefficient (Wildman–Crippen LogP) is 0.953. The third-order valence-corrected chi connectivity index (χ3v) is 2.73. The highest BCUT2D eigenvalue weighted by Gasteiger charge is 2.20. The molecule has 0 aromatic rings. The summed E-state index contributed by atoms with van der Waals surface area (Å²) in [5.41, 5.74) is 0. The number of carbonyl (C=O) groups is 1. The second-order valence-corrected chi connectivity index (χ2v) is 3.51. The van der Waals surface area contributed by atoms with Gasteiger partial charge in [-0.05, 0) is 24.7 Å². The first-order valence-electron chi connectivity index (χ1n) is 4.42. The molecule has 0 bridgehead atoms. The molecule has 11 heavy (non-hydrogen) atoms. The van der Waals surface area contributed by atoms with E-state index in [9.17, 15) is 9.90 Å². The van der Waals surface area contributed by atoms with Gasteiger partial charge in [0.1, 0.15) is 0 Å². The molecule has 0 spiro atoms. The van der Waals surface area contributed by atoms with Crippen LogP contribution in [0.3, 0.4) is 0 Å². The van der Waals surface area contributed by atoms with E-state index in [1.54, 1.807) is 6.92 Å². The van der Waals surface area contributed by atoms with Crippen LogP contribution in [0.15, 0.2) is 0 Å². The number of carbonyl (C=O) groups excluding carboxylic acids is 1. The lowest BCUT2D eigenvalue weighted by Gasteiger charge is -2.27. The Hall–Kier alpha value is -0.530. The molecule has 0 radical (unpaired) electrons. The largest absolute Gasteiger partial charge is 0.550 e. The maximum Gasteiger partial charge on any atom is 0.0445 e. The molecule has 2 nitrogen and oxygen atoms in total.